The number of sulfonamides is 1. The van der Waals surface area contributed by atoms with Gasteiger partial charge in [-0.25, -0.2) is 16.8 Å². The molecule has 1 aliphatic heterocycles. The summed E-state index contributed by atoms with van der Waals surface area (Å²) >= 11 is 6.41. The molecule has 0 aliphatic carbocycles. The second kappa shape index (κ2) is 7.68. The zero-order valence-electron chi connectivity index (χ0n) is 12.5. The average Bonchev–Trinajstić information content (AvgIpc) is 2.86. The van der Waals surface area contributed by atoms with Gasteiger partial charge in [0.05, 0.1) is 29.1 Å². The lowest BCUT2D eigenvalue weighted by molar-refractivity contribution is 0.0730. The second-order valence-corrected chi connectivity index (χ2v) is 11.4. The Hall–Kier alpha value is -0.0400. The summed E-state index contributed by atoms with van der Waals surface area (Å²) in [4.78, 5) is -0.0358. The number of rotatable bonds is 6. The highest BCUT2D eigenvalue weighted by Gasteiger charge is 2.40. The Bertz CT molecular complexity index is 812. The molecule has 0 unspecified atom stereocenters. The van der Waals surface area contributed by atoms with E-state index in [9.17, 15) is 21.9 Å². The van der Waals surface area contributed by atoms with Crippen molar-refractivity contribution in [2.75, 3.05) is 24.7 Å². The quantitative estimate of drug-likeness (QED) is 0.588. The largest absolute Gasteiger partial charge is 0.394 e. The maximum atomic E-state index is 13.0. The van der Waals surface area contributed by atoms with E-state index in [2.05, 4.69) is 31.9 Å². The summed E-state index contributed by atoms with van der Waals surface area (Å²) in [5.41, 5.74) is 0. The normalized spacial score (nSPS) is 22.0. The number of sulfone groups is 1. The van der Waals surface area contributed by atoms with Crippen molar-refractivity contribution in [2.45, 2.75) is 23.5 Å². The highest BCUT2D eigenvalue weighted by molar-refractivity contribution is 9.11. The van der Waals surface area contributed by atoms with Crippen molar-refractivity contribution in [3.8, 4) is 0 Å². The molecule has 0 aromatic heterocycles. The zero-order chi connectivity index (χ0) is 18.1. The lowest BCUT2D eigenvalue weighted by Gasteiger charge is -2.29. The molecule has 136 valence electrons. The van der Waals surface area contributed by atoms with Crippen LogP contribution in [-0.4, -0.2) is 68.2 Å². The van der Waals surface area contributed by atoms with Crippen LogP contribution in [0.3, 0.4) is 0 Å². The first-order valence-corrected chi connectivity index (χ1v) is 11.9. The molecule has 24 heavy (non-hydrogen) atoms. The van der Waals surface area contributed by atoms with Gasteiger partial charge in [0, 0.05) is 21.5 Å². The highest BCUT2D eigenvalue weighted by Crippen LogP contribution is 2.31. The summed E-state index contributed by atoms with van der Waals surface area (Å²) in [7, 11) is -7.39. The molecule has 11 heteroatoms. The number of aliphatic hydroxyl groups is 2. The van der Waals surface area contributed by atoms with Crippen LogP contribution < -0.4 is 0 Å². The van der Waals surface area contributed by atoms with Gasteiger partial charge in [0.2, 0.25) is 10.0 Å². The van der Waals surface area contributed by atoms with Crippen molar-refractivity contribution < 1.29 is 27.0 Å². The van der Waals surface area contributed by atoms with Gasteiger partial charge in [-0.2, -0.15) is 4.31 Å². The Morgan fingerprint density at radius 3 is 2.54 bits per heavy atom. The molecule has 0 saturated carbocycles. The number of nitrogens with zero attached hydrogens (tertiary/aromatic N) is 1. The minimum absolute atomic E-state index is 0.0358. The number of hydrogen-bond donors (Lipinski definition) is 2. The molecule has 7 nitrogen and oxygen atoms in total. The molecular formula is C13H17Br2NO6S2. The van der Waals surface area contributed by atoms with Crippen molar-refractivity contribution in [2.24, 2.45) is 0 Å². The van der Waals surface area contributed by atoms with Crippen LogP contribution >= 0.6 is 31.9 Å². The lowest BCUT2D eigenvalue weighted by Crippen LogP contribution is -2.46. The van der Waals surface area contributed by atoms with E-state index >= 15 is 0 Å². The molecule has 2 atom stereocenters. The first-order valence-electron chi connectivity index (χ1n) is 7.03. The fourth-order valence-electron chi connectivity index (χ4n) is 2.51. The Balaban J connectivity index is 2.47. The van der Waals surface area contributed by atoms with Crippen molar-refractivity contribution in [1.82, 2.24) is 4.31 Å². The third-order valence-corrected chi connectivity index (χ3v) is 8.85. The van der Waals surface area contributed by atoms with Crippen LogP contribution in [0.1, 0.15) is 6.42 Å². The van der Waals surface area contributed by atoms with Crippen LogP contribution in [0.2, 0.25) is 0 Å². The van der Waals surface area contributed by atoms with Gasteiger partial charge < -0.3 is 10.2 Å². The van der Waals surface area contributed by atoms with Gasteiger partial charge in [0.1, 0.15) is 0 Å². The molecule has 0 amide bonds. The summed E-state index contributed by atoms with van der Waals surface area (Å²) in [5, 5.41) is 18.8. The van der Waals surface area contributed by atoms with Gasteiger partial charge in [-0.1, -0.05) is 15.9 Å². The third kappa shape index (κ3) is 4.57. The molecule has 0 radical (unpaired) electrons. The molecule has 1 heterocycles. The van der Waals surface area contributed by atoms with E-state index in [4.69, 9.17) is 5.11 Å². The SMILES string of the molecule is O=S1(=O)CC[C@H](N(C[C@@H](O)CO)S(=O)(=O)c2cc(Br)ccc2Br)C1. The maximum Gasteiger partial charge on any atom is 0.244 e. The van der Waals surface area contributed by atoms with Crippen molar-refractivity contribution in [1.29, 1.82) is 0 Å². The molecule has 1 aromatic rings. The predicted molar refractivity (Wildman–Crippen MR) is 95.9 cm³/mol. The smallest absolute Gasteiger partial charge is 0.244 e. The Kier molecular flexibility index (Phi) is 6.49. The molecule has 1 aromatic carbocycles. The van der Waals surface area contributed by atoms with E-state index in [1.807, 2.05) is 0 Å². The highest BCUT2D eigenvalue weighted by atomic mass is 79.9. The summed E-state index contributed by atoms with van der Waals surface area (Å²) in [6, 6.07) is 3.85. The van der Waals surface area contributed by atoms with Gasteiger partial charge in [-0.15, -0.1) is 0 Å². The Labute approximate surface area is 157 Å². The fraction of sp³-hybridized carbons (Fsp3) is 0.538. The zero-order valence-corrected chi connectivity index (χ0v) is 17.3. The fourth-order valence-corrected chi connectivity index (χ4v) is 7.49. The monoisotopic (exact) mass is 505 g/mol. The average molecular weight is 507 g/mol. The van der Waals surface area contributed by atoms with Crippen LogP contribution in [0, 0.1) is 0 Å². The van der Waals surface area contributed by atoms with Crippen molar-refractivity contribution in [3.05, 3.63) is 27.1 Å². The van der Waals surface area contributed by atoms with Gasteiger partial charge in [-0.3, -0.25) is 0 Å². The number of benzene rings is 1. The molecule has 2 N–H and O–H groups in total. The topological polar surface area (TPSA) is 112 Å². The molecule has 0 spiro atoms. The number of hydrogen-bond acceptors (Lipinski definition) is 6. The van der Waals surface area contributed by atoms with E-state index in [1.54, 1.807) is 12.1 Å². The first kappa shape index (κ1) is 20.3. The van der Waals surface area contributed by atoms with E-state index in [1.165, 1.54) is 6.07 Å². The maximum absolute atomic E-state index is 13.0. The number of halogens is 2. The van der Waals surface area contributed by atoms with Crippen LogP contribution in [0.15, 0.2) is 32.0 Å². The summed E-state index contributed by atoms with van der Waals surface area (Å²) in [6.07, 6.45) is -1.14. The second-order valence-electron chi connectivity index (χ2n) is 5.54. The molecule has 2 rings (SSSR count). The molecule has 1 saturated heterocycles. The van der Waals surface area contributed by atoms with Crippen molar-refractivity contribution >= 4 is 51.7 Å². The van der Waals surface area contributed by atoms with Gasteiger partial charge in [0.15, 0.2) is 9.84 Å². The summed E-state index contributed by atoms with van der Waals surface area (Å²) in [6.45, 7) is -0.997. The first-order chi connectivity index (χ1) is 11.1. The van der Waals surface area contributed by atoms with Crippen LogP contribution in [0.4, 0.5) is 0 Å². The number of aliphatic hydroxyl groups excluding tert-OH is 2. The molecule has 0 bridgehead atoms. The van der Waals surface area contributed by atoms with Crippen LogP contribution in [0.25, 0.3) is 0 Å². The van der Waals surface area contributed by atoms with E-state index < -0.39 is 38.6 Å². The van der Waals surface area contributed by atoms with E-state index in [-0.39, 0.29) is 29.4 Å². The van der Waals surface area contributed by atoms with Gasteiger partial charge in [-0.05, 0) is 40.5 Å². The van der Waals surface area contributed by atoms with E-state index in [0.29, 0.717) is 8.95 Å². The summed E-state index contributed by atoms with van der Waals surface area (Å²) < 4.78 is 51.4. The molecule has 1 aliphatic rings. The van der Waals surface area contributed by atoms with E-state index in [0.717, 1.165) is 4.31 Å². The third-order valence-electron chi connectivity index (χ3n) is 3.70. The standard InChI is InChI=1S/C13H17Br2NO6S2/c14-9-1-2-12(15)13(5-9)24(21,22)16(6-11(18)7-17)10-3-4-23(19,20)8-10/h1-2,5,10-11,17-18H,3-4,6-8H2/t10-,11+/m0/s1. The van der Waals surface area contributed by atoms with Crippen LogP contribution in [-0.2, 0) is 19.9 Å². The van der Waals surface area contributed by atoms with Gasteiger partial charge >= 0.3 is 0 Å². The Morgan fingerprint density at radius 2 is 2.00 bits per heavy atom. The lowest BCUT2D eigenvalue weighted by atomic mass is 10.2. The minimum atomic E-state index is -4.07. The van der Waals surface area contributed by atoms with Crippen molar-refractivity contribution in [3.63, 3.8) is 0 Å². The van der Waals surface area contributed by atoms with Crippen LogP contribution in [0.5, 0.6) is 0 Å². The minimum Gasteiger partial charge on any atom is -0.394 e. The van der Waals surface area contributed by atoms with Gasteiger partial charge in [0.25, 0.3) is 0 Å². The summed E-state index contributed by atoms with van der Waals surface area (Å²) in [5.74, 6) is -0.394. The molecular weight excluding hydrogens is 490 g/mol. The molecule has 1 fully saturated rings. The Morgan fingerprint density at radius 1 is 1.33 bits per heavy atom. The predicted octanol–water partition coefficient (Wildman–Crippen LogP) is 0.743.